The zero-order chi connectivity index (χ0) is 34.4. The normalized spacial score (nSPS) is 21.5. The quantitative estimate of drug-likeness (QED) is 0.205. The number of ether oxygens (including phenoxy) is 4. The van der Waals surface area contributed by atoms with Crippen LogP contribution < -0.4 is 21.1 Å². The number of rotatable bonds is 15. The van der Waals surface area contributed by atoms with Crippen LogP contribution in [0.25, 0.3) is 0 Å². The van der Waals surface area contributed by atoms with E-state index in [0.29, 0.717) is 49.2 Å². The zero-order valence-electron chi connectivity index (χ0n) is 27.7. The Kier molecular flexibility index (Phi) is 12.3. The van der Waals surface area contributed by atoms with E-state index >= 15 is 0 Å². The van der Waals surface area contributed by atoms with E-state index in [9.17, 15) is 23.1 Å². The Labute approximate surface area is 277 Å². The van der Waals surface area contributed by atoms with E-state index in [0.717, 1.165) is 4.31 Å². The minimum atomic E-state index is -4.34. The predicted molar refractivity (Wildman–Crippen MR) is 174 cm³/mol. The first kappa shape index (κ1) is 36.6. The highest BCUT2D eigenvalue weighted by molar-refractivity contribution is 7.89. The van der Waals surface area contributed by atoms with E-state index in [2.05, 4.69) is 10.6 Å². The number of fused-ring (bicyclic) bond motifs is 1. The van der Waals surface area contributed by atoms with Gasteiger partial charge < -0.3 is 40.4 Å². The predicted octanol–water partition coefficient (Wildman–Crippen LogP) is 2.50. The molecule has 0 spiro atoms. The number of carbonyl (C=O) groups is 2. The fourth-order valence-electron chi connectivity index (χ4n) is 6.02. The number of nitrogens with one attached hydrogen (secondary N) is 2. The third kappa shape index (κ3) is 9.21. The number of amides is 2. The number of likely N-dealkylation sites (N-methyl/N-ethyl adjacent to an activating group) is 1. The lowest BCUT2D eigenvalue weighted by molar-refractivity contribution is -0.122. The molecule has 0 bridgehead atoms. The zero-order valence-corrected chi connectivity index (χ0v) is 28.5. The summed E-state index contributed by atoms with van der Waals surface area (Å²) in [5.41, 5.74) is 6.94. The molecule has 5 N–H and O–H groups in total. The van der Waals surface area contributed by atoms with Gasteiger partial charge in [0.05, 0.1) is 43.3 Å². The Hall–Kier alpha value is -3.27. The molecule has 4 rings (SSSR count). The number of benzene rings is 2. The summed E-state index contributed by atoms with van der Waals surface area (Å²) < 4.78 is 52.4. The van der Waals surface area contributed by atoms with Gasteiger partial charge in [-0.05, 0) is 67.3 Å². The van der Waals surface area contributed by atoms with Crippen LogP contribution in [0.5, 0.6) is 5.75 Å². The maximum absolute atomic E-state index is 14.5. The summed E-state index contributed by atoms with van der Waals surface area (Å²) in [6.45, 7) is 5.95. The first-order chi connectivity index (χ1) is 22.3. The molecule has 0 saturated carbocycles. The second kappa shape index (κ2) is 15.8. The van der Waals surface area contributed by atoms with Gasteiger partial charge in [-0.1, -0.05) is 44.2 Å². The second-order valence-corrected chi connectivity index (χ2v) is 14.8. The molecule has 13 nitrogen and oxygen atoms in total. The summed E-state index contributed by atoms with van der Waals surface area (Å²) >= 11 is 0. The van der Waals surface area contributed by atoms with Crippen molar-refractivity contribution in [2.75, 3.05) is 27.4 Å². The van der Waals surface area contributed by atoms with Crippen LogP contribution in [0.3, 0.4) is 0 Å². The van der Waals surface area contributed by atoms with E-state index in [1.165, 1.54) is 27.1 Å². The van der Waals surface area contributed by atoms with Gasteiger partial charge in [0.2, 0.25) is 15.9 Å². The van der Waals surface area contributed by atoms with Crippen molar-refractivity contribution in [2.24, 2.45) is 17.1 Å². The Morgan fingerprint density at radius 2 is 1.89 bits per heavy atom. The van der Waals surface area contributed by atoms with E-state index in [-0.39, 0.29) is 35.3 Å². The number of carbonyl (C=O) groups excluding carboxylic acids is 2. The minimum Gasteiger partial charge on any atom is -0.496 e. The van der Waals surface area contributed by atoms with Crippen LogP contribution in [0.1, 0.15) is 51.2 Å². The number of nitrogens with two attached hydrogens (primary N) is 1. The minimum absolute atomic E-state index is 0.0435. The molecule has 2 aliphatic heterocycles. The largest absolute Gasteiger partial charge is 0.496 e. The van der Waals surface area contributed by atoms with Crippen molar-refractivity contribution in [3.63, 3.8) is 0 Å². The van der Waals surface area contributed by atoms with Crippen molar-refractivity contribution in [2.45, 2.75) is 88.6 Å². The standard InChI is InChI=1S/C33H48N4O9S/c1-21(38)29(36-32(40)46-28-20-45-31-25(28)14-16-44-31)37(19-22-9-7-6-8-10-22)47(41,42)24-11-12-27(43-5)23(17-24)18-33(2,3)15-13-26(34)30(39)35-4/h6-12,17,21,25-26,28-29,31,38H,13-16,18-20,34H2,1-5H3,(H,35,39)(H,36,40)/t21-,25-,26?,28-,29+,31+/m1/s1. The summed E-state index contributed by atoms with van der Waals surface area (Å²) in [6.07, 6.45) is -2.42. The number of hydrogen-bond donors (Lipinski definition) is 4. The number of hydrogen-bond acceptors (Lipinski definition) is 10. The molecule has 6 atom stereocenters. The average molecular weight is 677 g/mol. The van der Waals surface area contributed by atoms with Crippen molar-refractivity contribution in [3.8, 4) is 5.75 Å². The Balaban J connectivity index is 1.62. The number of aliphatic hydroxyl groups is 1. The van der Waals surface area contributed by atoms with Crippen molar-refractivity contribution >= 4 is 22.0 Å². The molecule has 0 radical (unpaired) electrons. The number of aliphatic hydroxyl groups excluding tert-OH is 1. The van der Waals surface area contributed by atoms with Crippen LogP contribution in [0.15, 0.2) is 53.4 Å². The van der Waals surface area contributed by atoms with Gasteiger partial charge >= 0.3 is 6.09 Å². The van der Waals surface area contributed by atoms with E-state index in [1.54, 1.807) is 36.4 Å². The summed E-state index contributed by atoms with van der Waals surface area (Å²) in [7, 11) is -1.29. The molecule has 47 heavy (non-hydrogen) atoms. The molecule has 2 aromatic rings. The third-order valence-electron chi connectivity index (χ3n) is 8.70. The van der Waals surface area contributed by atoms with Crippen molar-refractivity contribution in [1.29, 1.82) is 0 Å². The van der Waals surface area contributed by atoms with Gasteiger partial charge in [-0.15, -0.1) is 0 Å². The molecule has 14 heteroatoms. The molecule has 2 aromatic carbocycles. The smallest absolute Gasteiger partial charge is 0.408 e. The average Bonchev–Trinajstić information content (AvgIpc) is 3.66. The molecule has 2 heterocycles. The van der Waals surface area contributed by atoms with Gasteiger partial charge in [-0.3, -0.25) is 4.79 Å². The lowest BCUT2D eigenvalue weighted by Crippen LogP contribution is -2.56. The third-order valence-corrected chi connectivity index (χ3v) is 10.5. The van der Waals surface area contributed by atoms with Crippen LogP contribution in [0, 0.1) is 11.3 Å². The molecule has 1 unspecified atom stereocenters. The highest BCUT2D eigenvalue weighted by Gasteiger charge is 2.44. The maximum atomic E-state index is 14.5. The highest BCUT2D eigenvalue weighted by Crippen LogP contribution is 2.35. The molecular weight excluding hydrogens is 628 g/mol. The van der Waals surface area contributed by atoms with Crippen molar-refractivity contribution < 1.29 is 42.1 Å². The summed E-state index contributed by atoms with van der Waals surface area (Å²) in [5.74, 6) is 0.142. The van der Waals surface area contributed by atoms with Gasteiger partial charge in [0.25, 0.3) is 0 Å². The van der Waals surface area contributed by atoms with Gasteiger partial charge in [0.15, 0.2) is 6.29 Å². The fourth-order valence-corrected chi connectivity index (χ4v) is 7.67. The SMILES string of the molecule is CNC(=O)C(N)CCC(C)(C)Cc1cc(S(=O)(=O)N(Cc2ccccc2)[C@H](NC(=O)O[C@@H]2CO[C@@H]3OCC[C@@H]32)[C@@H](C)O)ccc1OC. The molecule has 2 aliphatic rings. The summed E-state index contributed by atoms with van der Waals surface area (Å²) in [6, 6.07) is 12.8. The Morgan fingerprint density at radius 1 is 1.17 bits per heavy atom. The molecular formula is C33H48N4O9S. The summed E-state index contributed by atoms with van der Waals surface area (Å²) in [5, 5.41) is 16.1. The lowest BCUT2D eigenvalue weighted by Gasteiger charge is -2.34. The monoisotopic (exact) mass is 676 g/mol. The van der Waals surface area contributed by atoms with Crippen LogP contribution in [-0.4, -0.2) is 87.9 Å². The van der Waals surface area contributed by atoms with Crippen LogP contribution in [0.4, 0.5) is 4.79 Å². The molecule has 2 fully saturated rings. The fraction of sp³-hybridized carbons (Fsp3) is 0.576. The van der Waals surface area contributed by atoms with Gasteiger partial charge in [0.1, 0.15) is 18.0 Å². The molecule has 0 aromatic heterocycles. The van der Waals surface area contributed by atoms with Gasteiger partial charge in [-0.2, -0.15) is 4.31 Å². The van der Waals surface area contributed by atoms with Gasteiger partial charge in [-0.25, -0.2) is 13.2 Å². The topological polar surface area (TPSA) is 179 Å². The molecule has 0 aliphatic carbocycles. The van der Waals surface area contributed by atoms with Gasteiger partial charge in [0, 0.05) is 13.6 Å². The second-order valence-electron chi connectivity index (χ2n) is 12.9. The number of nitrogens with zero attached hydrogens (tertiary/aromatic N) is 1. The molecule has 2 saturated heterocycles. The first-order valence-corrected chi connectivity index (χ1v) is 17.3. The van der Waals surface area contributed by atoms with Crippen LogP contribution >= 0.6 is 0 Å². The Bertz CT molecular complexity index is 1470. The first-order valence-electron chi connectivity index (χ1n) is 15.8. The lowest BCUT2D eigenvalue weighted by atomic mass is 9.80. The van der Waals surface area contributed by atoms with E-state index in [1.807, 2.05) is 19.9 Å². The van der Waals surface area contributed by atoms with E-state index in [4.69, 9.17) is 24.7 Å². The number of methoxy groups -OCH3 is 1. The number of sulfonamides is 1. The van der Waals surface area contributed by atoms with Crippen molar-refractivity contribution in [3.05, 3.63) is 59.7 Å². The van der Waals surface area contributed by atoms with Crippen LogP contribution in [0.2, 0.25) is 0 Å². The van der Waals surface area contributed by atoms with E-state index < -0.39 is 46.8 Å². The van der Waals surface area contributed by atoms with Crippen molar-refractivity contribution in [1.82, 2.24) is 14.9 Å². The maximum Gasteiger partial charge on any atom is 0.408 e. The van der Waals surface area contributed by atoms with Crippen LogP contribution in [-0.2, 0) is 42.0 Å². The Morgan fingerprint density at radius 3 is 2.55 bits per heavy atom. The summed E-state index contributed by atoms with van der Waals surface area (Å²) in [4.78, 5) is 25.1. The molecule has 260 valence electrons. The highest BCUT2D eigenvalue weighted by atomic mass is 32.2. The number of alkyl carbamates (subject to hydrolysis) is 1. The molecule has 2 amide bonds.